The number of aliphatic hydroxyl groups excluding tert-OH is 1. The highest BCUT2D eigenvalue weighted by Crippen LogP contribution is 2.11. The monoisotopic (exact) mass is 203 g/mol. The van der Waals surface area contributed by atoms with Gasteiger partial charge in [0.15, 0.2) is 0 Å². The summed E-state index contributed by atoms with van der Waals surface area (Å²) in [5, 5.41) is 9.52. The van der Waals surface area contributed by atoms with Crippen molar-refractivity contribution in [3.63, 3.8) is 0 Å². The van der Waals surface area contributed by atoms with Gasteiger partial charge in [0.05, 0.1) is 11.6 Å². The molecular weight excluding hydrogens is 190 g/mol. The third-order valence-corrected chi connectivity index (χ3v) is 3.02. The van der Waals surface area contributed by atoms with E-state index in [0.717, 1.165) is 18.6 Å². The Kier molecular flexibility index (Phi) is 4.65. The summed E-state index contributed by atoms with van der Waals surface area (Å²) in [6.07, 6.45) is 5.31. The van der Waals surface area contributed by atoms with Gasteiger partial charge in [-0.3, -0.25) is 4.98 Å². The number of rotatable bonds is 5. The minimum atomic E-state index is -0.196. The maximum atomic E-state index is 9.52. The third-order valence-electron chi connectivity index (χ3n) is 1.58. The number of hydrogen-bond donors (Lipinski definition) is 1. The maximum Gasteiger partial charge on any atom is 0.0794 e. The number of thioether (sulfide) groups is 1. The summed E-state index contributed by atoms with van der Waals surface area (Å²) in [4.78, 5) is 5.13. The predicted molar refractivity (Wildman–Crippen MR) is 54.8 cm³/mol. The second-order valence-corrected chi connectivity index (χ2v) is 4.56. The molecule has 0 fully saturated rings. The van der Waals surface area contributed by atoms with Gasteiger partial charge in [0.1, 0.15) is 0 Å². The van der Waals surface area contributed by atoms with E-state index in [9.17, 15) is 5.11 Å². The van der Waals surface area contributed by atoms with Crippen LogP contribution in [0.25, 0.3) is 0 Å². The van der Waals surface area contributed by atoms with Crippen LogP contribution in [-0.2, 0) is 6.42 Å². The van der Waals surface area contributed by atoms with Crippen molar-refractivity contribution in [3.8, 4) is 0 Å². The molecule has 4 heteroatoms. The van der Waals surface area contributed by atoms with Gasteiger partial charge in [0.25, 0.3) is 0 Å². The van der Waals surface area contributed by atoms with Crippen molar-refractivity contribution in [1.82, 2.24) is 4.98 Å². The SMILES string of the molecule is CSCCC(O)Cc1cncs1. The minimum Gasteiger partial charge on any atom is -0.393 e. The summed E-state index contributed by atoms with van der Waals surface area (Å²) in [6.45, 7) is 0. The number of aliphatic hydroxyl groups is 1. The van der Waals surface area contributed by atoms with E-state index in [1.54, 1.807) is 28.6 Å². The van der Waals surface area contributed by atoms with E-state index < -0.39 is 0 Å². The average Bonchev–Trinajstić information content (AvgIpc) is 2.53. The van der Waals surface area contributed by atoms with Crippen LogP contribution in [0.1, 0.15) is 11.3 Å². The number of thiazole rings is 1. The van der Waals surface area contributed by atoms with Gasteiger partial charge in [-0.2, -0.15) is 11.8 Å². The Hall–Kier alpha value is -0.0600. The molecule has 0 aliphatic carbocycles. The van der Waals surface area contributed by atoms with Gasteiger partial charge in [-0.05, 0) is 18.4 Å². The molecule has 0 radical (unpaired) electrons. The van der Waals surface area contributed by atoms with Crippen LogP contribution in [0.2, 0.25) is 0 Å². The highest BCUT2D eigenvalue weighted by molar-refractivity contribution is 7.98. The number of nitrogens with zero attached hydrogens (tertiary/aromatic N) is 1. The smallest absolute Gasteiger partial charge is 0.0794 e. The highest BCUT2D eigenvalue weighted by Gasteiger charge is 2.05. The second kappa shape index (κ2) is 5.56. The zero-order valence-electron chi connectivity index (χ0n) is 7.06. The molecule has 0 aliphatic rings. The highest BCUT2D eigenvalue weighted by atomic mass is 32.2. The first-order valence-electron chi connectivity index (χ1n) is 3.87. The van der Waals surface area contributed by atoms with E-state index in [1.807, 2.05) is 6.20 Å². The molecule has 0 saturated carbocycles. The van der Waals surface area contributed by atoms with Crippen molar-refractivity contribution in [3.05, 3.63) is 16.6 Å². The molecule has 0 bridgehead atoms. The molecule has 0 saturated heterocycles. The molecule has 1 N–H and O–H groups in total. The van der Waals surface area contributed by atoms with Crippen LogP contribution < -0.4 is 0 Å². The lowest BCUT2D eigenvalue weighted by Gasteiger charge is -2.06. The molecule has 0 amide bonds. The lowest BCUT2D eigenvalue weighted by molar-refractivity contribution is 0.173. The predicted octanol–water partition coefficient (Wildman–Crippen LogP) is 1.80. The Bertz CT molecular complexity index is 201. The van der Waals surface area contributed by atoms with Gasteiger partial charge in [-0.1, -0.05) is 0 Å². The van der Waals surface area contributed by atoms with Crippen LogP contribution in [0.3, 0.4) is 0 Å². The third kappa shape index (κ3) is 3.56. The van der Waals surface area contributed by atoms with Crippen LogP contribution in [0.15, 0.2) is 11.7 Å². The summed E-state index contributed by atoms with van der Waals surface area (Å²) in [5.74, 6) is 1.03. The maximum absolute atomic E-state index is 9.52. The fourth-order valence-electron chi connectivity index (χ4n) is 0.931. The molecule has 12 heavy (non-hydrogen) atoms. The van der Waals surface area contributed by atoms with Crippen LogP contribution in [-0.4, -0.2) is 28.2 Å². The van der Waals surface area contributed by atoms with Crippen molar-refractivity contribution in [2.45, 2.75) is 18.9 Å². The van der Waals surface area contributed by atoms with Crippen molar-refractivity contribution < 1.29 is 5.11 Å². The van der Waals surface area contributed by atoms with Gasteiger partial charge in [-0.25, -0.2) is 0 Å². The normalized spacial score (nSPS) is 13.2. The second-order valence-electron chi connectivity index (χ2n) is 2.61. The fraction of sp³-hybridized carbons (Fsp3) is 0.625. The van der Waals surface area contributed by atoms with Crippen LogP contribution in [0.5, 0.6) is 0 Å². The molecule has 1 heterocycles. The zero-order chi connectivity index (χ0) is 8.81. The average molecular weight is 203 g/mol. The Balaban J connectivity index is 2.22. The molecule has 1 aromatic heterocycles. The van der Waals surface area contributed by atoms with E-state index in [4.69, 9.17) is 0 Å². The molecule has 68 valence electrons. The van der Waals surface area contributed by atoms with Crippen molar-refractivity contribution >= 4 is 23.1 Å². The topological polar surface area (TPSA) is 33.1 Å². The van der Waals surface area contributed by atoms with E-state index >= 15 is 0 Å². The lowest BCUT2D eigenvalue weighted by Crippen LogP contribution is -2.10. The van der Waals surface area contributed by atoms with Crippen molar-refractivity contribution in [1.29, 1.82) is 0 Å². The molecule has 1 unspecified atom stereocenters. The van der Waals surface area contributed by atoms with Crippen molar-refractivity contribution in [2.24, 2.45) is 0 Å². The first-order valence-corrected chi connectivity index (χ1v) is 6.14. The van der Waals surface area contributed by atoms with E-state index in [2.05, 4.69) is 11.2 Å². The van der Waals surface area contributed by atoms with Crippen LogP contribution in [0, 0.1) is 0 Å². The summed E-state index contributed by atoms with van der Waals surface area (Å²) >= 11 is 3.38. The molecule has 0 aliphatic heterocycles. The first kappa shape index (κ1) is 10.0. The number of aromatic nitrogens is 1. The summed E-state index contributed by atoms with van der Waals surface area (Å²) < 4.78 is 0. The molecule has 2 nitrogen and oxygen atoms in total. The van der Waals surface area contributed by atoms with Gasteiger partial charge in [0.2, 0.25) is 0 Å². The summed E-state index contributed by atoms with van der Waals surface area (Å²) in [7, 11) is 0. The van der Waals surface area contributed by atoms with Gasteiger partial charge < -0.3 is 5.11 Å². The van der Waals surface area contributed by atoms with Crippen molar-refractivity contribution in [2.75, 3.05) is 12.0 Å². The molecule has 0 spiro atoms. The van der Waals surface area contributed by atoms with E-state index in [1.165, 1.54) is 4.88 Å². The standard InChI is InChI=1S/C8H13NOS2/c1-11-3-2-7(10)4-8-5-9-6-12-8/h5-7,10H,2-4H2,1H3. The van der Waals surface area contributed by atoms with Crippen LogP contribution in [0.4, 0.5) is 0 Å². The minimum absolute atomic E-state index is 0.196. The Morgan fingerprint density at radius 2 is 2.58 bits per heavy atom. The Morgan fingerprint density at radius 1 is 1.75 bits per heavy atom. The zero-order valence-corrected chi connectivity index (χ0v) is 8.70. The lowest BCUT2D eigenvalue weighted by atomic mass is 10.2. The van der Waals surface area contributed by atoms with E-state index in [-0.39, 0.29) is 6.10 Å². The molecular formula is C8H13NOS2. The Labute approximate surface area is 81.0 Å². The quantitative estimate of drug-likeness (QED) is 0.792. The molecule has 1 aromatic rings. The number of hydrogen-bond acceptors (Lipinski definition) is 4. The van der Waals surface area contributed by atoms with Gasteiger partial charge in [0, 0.05) is 17.5 Å². The fourth-order valence-corrected chi connectivity index (χ4v) is 2.11. The molecule has 1 rings (SSSR count). The summed E-state index contributed by atoms with van der Waals surface area (Å²) in [5.41, 5.74) is 1.80. The van der Waals surface area contributed by atoms with E-state index in [0.29, 0.717) is 0 Å². The summed E-state index contributed by atoms with van der Waals surface area (Å²) in [6, 6.07) is 0. The van der Waals surface area contributed by atoms with Crippen LogP contribution >= 0.6 is 23.1 Å². The Morgan fingerprint density at radius 3 is 3.17 bits per heavy atom. The molecule has 0 aromatic carbocycles. The van der Waals surface area contributed by atoms with Gasteiger partial charge >= 0.3 is 0 Å². The first-order chi connectivity index (χ1) is 5.83. The van der Waals surface area contributed by atoms with Gasteiger partial charge in [-0.15, -0.1) is 11.3 Å². The largest absolute Gasteiger partial charge is 0.393 e. The molecule has 1 atom stereocenters.